The molecule has 0 amide bonds. The van der Waals surface area contributed by atoms with Crippen LogP contribution in [0.1, 0.15) is 33.3 Å². The van der Waals surface area contributed by atoms with Gasteiger partial charge in [-0.1, -0.05) is 75.9 Å². The maximum absolute atomic E-state index is 5.74. The topological polar surface area (TPSA) is 65.2 Å². The third kappa shape index (κ3) is 7.16. The molecule has 4 N–H and O–H groups in total. The Morgan fingerprint density at radius 1 is 1.07 bits per heavy atom. The number of hydrogen-bond acceptors (Lipinski definition) is 3. The van der Waals surface area contributed by atoms with Crippen LogP contribution in [0.4, 0.5) is 0 Å². The third-order valence-electron chi connectivity index (χ3n) is 3.47. The Labute approximate surface area is 163 Å². The molecule has 144 valence electrons. The molecule has 0 unspecified atom stereocenters. The summed E-state index contributed by atoms with van der Waals surface area (Å²) >= 11 is 0. The number of benzene rings is 2. The van der Waals surface area contributed by atoms with Crippen molar-refractivity contribution in [3.05, 3.63) is 84.6 Å². The average Bonchev–Trinajstić information content (AvgIpc) is 3.04. The monoisotopic (exact) mass is 364 g/mol. The van der Waals surface area contributed by atoms with Crippen molar-refractivity contribution in [2.45, 2.75) is 34.2 Å². The molecule has 0 fully saturated rings. The number of nitrogens with two attached hydrogens (primary N) is 2. The van der Waals surface area contributed by atoms with Crippen molar-refractivity contribution in [3.8, 4) is 0 Å². The summed E-state index contributed by atoms with van der Waals surface area (Å²) in [6.07, 6.45) is 7.12. The minimum absolute atomic E-state index is 0.543. The zero-order valence-corrected chi connectivity index (χ0v) is 16.9. The van der Waals surface area contributed by atoms with Crippen LogP contribution in [0.5, 0.6) is 0 Å². The zero-order valence-electron chi connectivity index (χ0n) is 16.9. The van der Waals surface area contributed by atoms with Crippen molar-refractivity contribution in [3.63, 3.8) is 0 Å². The van der Waals surface area contributed by atoms with E-state index in [1.165, 1.54) is 0 Å². The molecule has 2 aromatic carbocycles. The molecule has 3 heteroatoms. The summed E-state index contributed by atoms with van der Waals surface area (Å²) in [5.41, 5.74) is 14.9. The SMILES string of the molecule is C=C/C=C\C(N)=C/C.CC(C)C.NCc1cccc2oc3ccccc3c12. The van der Waals surface area contributed by atoms with E-state index in [0.717, 1.165) is 39.1 Å². The highest BCUT2D eigenvalue weighted by Crippen LogP contribution is 2.30. The van der Waals surface area contributed by atoms with Gasteiger partial charge in [0.15, 0.2) is 0 Å². The second-order valence-corrected chi connectivity index (χ2v) is 6.71. The smallest absolute Gasteiger partial charge is 0.135 e. The summed E-state index contributed by atoms with van der Waals surface area (Å²) in [5.74, 6) is 0.833. The van der Waals surface area contributed by atoms with Gasteiger partial charge >= 0.3 is 0 Å². The molecule has 0 aliphatic carbocycles. The lowest BCUT2D eigenvalue weighted by molar-refractivity contribution is 0.668. The lowest BCUT2D eigenvalue weighted by Gasteiger charge is -1.97. The first-order chi connectivity index (χ1) is 12.9. The van der Waals surface area contributed by atoms with Gasteiger partial charge in [0.2, 0.25) is 0 Å². The number of para-hydroxylation sites is 1. The molecule has 27 heavy (non-hydrogen) atoms. The first-order valence-corrected chi connectivity index (χ1v) is 9.24. The van der Waals surface area contributed by atoms with Gasteiger partial charge in [0.05, 0.1) is 0 Å². The van der Waals surface area contributed by atoms with E-state index >= 15 is 0 Å². The van der Waals surface area contributed by atoms with Crippen LogP contribution in [0.3, 0.4) is 0 Å². The Morgan fingerprint density at radius 3 is 2.30 bits per heavy atom. The maximum atomic E-state index is 5.74. The molecule has 0 spiro atoms. The summed E-state index contributed by atoms with van der Waals surface area (Å²) in [7, 11) is 0. The van der Waals surface area contributed by atoms with Crippen LogP contribution in [-0.2, 0) is 6.54 Å². The lowest BCUT2D eigenvalue weighted by atomic mass is 10.1. The molecule has 0 aliphatic rings. The molecule has 0 saturated carbocycles. The van der Waals surface area contributed by atoms with E-state index in [9.17, 15) is 0 Å². The van der Waals surface area contributed by atoms with E-state index in [4.69, 9.17) is 15.9 Å². The minimum Gasteiger partial charge on any atom is -0.456 e. The van der Waals surface area contributed by atoms with E-state index in [-0.39, 0.29) is 0 Å². The lowest BCUT2D eigenvalue weighted by Crippen LogP contribution is -1.95. The van der Waals surface area contributed by atoms with Gasteiger partial charge in [0, 0.05) is 23.0 Å². The molecule has 3 aromatic rings. The number of hydrogen-bond donors (Lipinski definition) is 2. The van der Waals surface area contributed by atoms with Crippen LogP contribution in [-0.4, -0.2) is 0 Å². The Morgan fingerprint density at radius 2 is 1.70 bits per heavy atom. The van der Waals surface area contributed by atoms with E-state index in [1.807, 2.05) is 49.4 Å². The average molecular weight is 365 g/mol. The highest BCUT2D eigenvalue weighted by atomic mass is 16.3. The molecular weight excluding hydrogens is 332 g/mol. The fourth-order valence-electron chi connectivity index (χ4n) is 2.29. The minimum atomic E-state index is 0.543. The first-order valence-electron chi connectivity index (χ1n) is 9.24. The van der Waals surface area contributed by atoms with Crippen molar-refractivity contribution in [1.29, 1.82) is 0 Å². The summed E-state index contributed by atoms with van der Waals surface area (Å²) in [6.45, 7) is 12.4. The highest BCUT2D eigenvalue weighted by Gasteiger charge is 2.08. The van der Waals surface area contributed by atoms with Crippen molar-refractivity contribution < 1.29 is 4.42 Å². The number of rotatable bonds is 3. The van der Waals surface area contributed by atoms with E-state index in [2.05, 4.69) is 33.4 Å². The number of allylic oxidation sites excluding steroid dienone is 4. The molecule has 0 saturated heterocycles. The Bertz CT molecular complexity index is 898. The molecule has 0 aliphatic heterocycles. The second-order valence-electron chi connectivity index (χ2n) is 6.71. The fraction of sp³-hybridized carbons (Fsp3) is 0.250. The Hall–Kier alpha value is -2.78. The summed E-state index contributed by atoms with van der Waals surface area (Å²) in [6, 6.07) is 14.1. The van der Waals surface area contributed by atoms with Crippen molar-refractivity contribution in [1.82, 2.24) is 0 Å². The number of fused-ring (bicyclic) bond motifs is 3. The fourth-order valence-corrected chi connectivity index (χ4v) is 2.29. The van der Waals surface area contributed by atoms with E-state index in [0.29, 0.717) is 6.54 Å². The first kappa shape index (κ1) is 22.3. The van der Waals surface area contributed by atoms with E-state index < -0.39 is 0 Å². The van der Waals surface area contributed by atoms with Gasteiger partial charge in [0.25, 0.3) is 0 Å². The number of furan rings is 1. The van der Waals surface area contributed by atoms with Crippen molar-refractivity contribution in [2.24, 2.45) is 17.4 Å². The predicted molar refractivity (Wildman–Crippen MR) is 119 cm³/mol. The van der Waals surface area contributed by atoms with Gasteiger partial charge in [-0.2, -0.15) is 0 Å². The summed E-state index contributed by atoms with van der Waals surface area (Å²) < 4.78 is 5.74. The van der Waals surface area contributed by atoms with Crippen LogP contribution in [0.25, 0.3) is 21.9 Å². The van der Waals surface area contributed by atoms with Gasteiger partial charge in [-0.3, -0.25) is 0 Å². The Kier molecular flexibility index (Phi) is 9.70. The second kappa shape index (κ2) is 11.8. The normalized spacial score (nSPS) is 11.3. The van der Waals surface area contributed by atoms with Crippen LogP contribution in [0.15, 0.2) is 83.5 Å². The van der Waals surface area contributed by atoms with Gasteiger partial charge in [-0.05, 0) is 36.6 Å². The van der Waals surface area contributed by atoms with Gasteiger partial charge in [-0.15, -0.1) is 0 Å². The van der Waals surface area contributed by atoms with Crippen molar-refractivity contribution in [2.75, 3.05) is 0 Å². The van der Waals surface area contributed by atoms with E-state index in [1.54, 1.807) is 18.2 Å². The molecule has 0 bridgehead atoms. The van der Waals surface area contributed by atoms with Gasteiger partial charge in [0.1, 0.15) is 11.2 Å². The summed E-state index contributed by atoms with van der Waals surface area (Å²) in [4.78, 5) is 0. The summed E-state index contributed by atoms with van der Waals surface area (Å²) in [5, 5.41) is 2.30. The molecule has 3 nitrogen and oxygen atoms in total. The van der Waals surface area contributed by atoms with Crippen LogP contribution in [0, 0.1) is 5.92 Å². The maximum Gasteiger partial charge on any atom is 0.135 e. The molecule has 0 radical (unpaired) electrons. The largest absolute Gasteiger partial charge is 0.456 e. The van der Waals surface area contributed by atoms with Crippen LogP contribution in [0.2, 0.25) is 0 Å². The standard InChI is InChI=1S/C13H11NO.C7H11N.C4H10/c14-8-9-4-3-7-12-13(9)10-5-1-2-6-11(10)15-12;1-3-5-6-7(8)4-2;1-4(2)3/h1-7H,8,14H2;3-6H,1,8H2,2H3;4H,1-3H3/b;6-5-,7-4+;. The van der Waals surface area contributed by atoms with Gasteiger partial charge < -0.3 is 15.9 Å². The highest BCUT2D eigenvalue weighted by molar-refractivity contribution is 6.06. The third-order valence-corrected chi connectivity index (χ3v) is 3.47. The predicted octanol–water partition coefficient (Wildman–Crippen LogP) is 6.30. The molecular formula is C24H32N2O. The van der Waals surface area contributed by atoms with Crippen LogP contribution < -0.4 is 11.5 Å². The molecule has 0 atom stereocenters. The quantitative estimate of drug-likeness (QED) is 0.536. The molecule has 1 aromatic heterocycles. The van der Waals surface area contributed by atoms with Crippen LogP contribution >= 0.6 is 0 Å². The van der Waals surface area contributed by atoms with Crippen molar-refractivity contribution >= 4 is 21.9 Å². The zero-order chi connectivity index (χ0) is 20.2. The molecule has 1 heterocycles. The van der Waals surface area contributed by atoms with Gasteiger partial charge in [-0.25, -0.2) is 0 Å². The Balaban J connectivity index is 0.000000259. The molecule has 3 rings (SSSR count).